The maximum Gasteiger partial charge on any atom is 0.336 e. The Morgan fingerprint density at radius 1 is 0.875 bits per heavy atom. The number of rotatable bonds is 7. The minimum Gasteiger partial charge on any atom is -0.478 e. The van der Waals surface area contributed by atoms with Crippen LogP contribution in [-0.4, -0.2) is 36.2 Å². The third kappa shape index (κ3) is 5.00. The molecule has 0 amide bonds. The van der Waals surface area contributed by atoms with Crippen molar-refractivity contribution in [3.8, 4) is 0 Å². The number of esters is 2. The number of carbonyl (C=O) groups is 3. The molecule has 0 aromatic heterocycles. The van der Waals surface area contributed by atoms with E-state index in [4.69, 9.17) is 26.2 Å². The summed E-state index contributed by atoms with van der Waals surface area (Å²) in [6.07, 6.45) is 3.16. The average Bonchev–Trinajstić information content (AvgIpc) is 2.79. The van der Waals surface area contributed by atoms with E-state index in [9.17, 15) is 14.4 Å². The predicted molar refractivity (Wildman–Crippen MR) is 120 cm³/mol. The van der Waals surface area contributed by atoms with Crippen LogP contribution in [0.1, 0.15) is 35.7 Å². The Hall–Kier alpha value is -3.58. The van der Waals surface area contributed by atoms with Gasteiger partial charge in [0.05, 0.1) is 35.8 Å². The van der Waals surface area contributed by atoms with Crippen LogP contribution < -0.4 is 4.90 Å². The van der Waals surface area contributed by atoms with Crippen molar-refractivity contribution >= 4 is 35.2 Å². The van der Waals surface area contributed by atoms with Crippen molar-refractivity contribution in [2.75, 3.05) is 18.1 Å². The first kappa shape index (κ1) is 23.1. The number of ether oxygens (including phenoxy) is 2. The Morgan fingerprint density at radius 3 is 1.81 bits per heavy atom. The largest absolute Gasteiger partial charge is 0.478 e. The summed E-state index contributed by atoms with van der Waals surface area (Å²) in [5.41, 5.74) is 1.83. The number of benzene rings is 2. The summed E-state index contributed by atoms with van der Waals surface area (Å²) >= 11 is 6.02. The van der Waals surface area contributed by atoms with Gasteiger partial charge in [-0.3, -0.25) is 0 Å². The SMILES string of the molecule is CCOC(=O)C1=CN(c2ccc(C(=O)O)cc2)C=C(C(=O)OCC)C1c1ccc(Cl)cc1. The summed E-state index contributed by atoms with van der Waals surface area (Å²) in [5.74, 6) is -2.92. The molecule has 166 valence electrons. The fraction of sp³-hybridized carbons (Fsp3) is 0.208. The molecule has 2 aromatic carbocycles. The van der Waals surface area contributed by atoms with Gasteiger partial charge in [-0.25, -0.2) is 14.4 Å². The Kier molecular flexibility index (Phi) is 7.33. The Morgan fingerprint density at radius 2 is 1.38 bits per heavy atom. The molecule has 7 nitrogen and oxygen atoms in total. The van der Waals surface area contributed by atoms with Gasteiger partial charge in [-0.1, -0.05) is 23.7 Å². The number of hydrogen-bond donors (Lipinski definition) is 1. The van der Waals surface area contributed by atoms with Crippen molar-refractivity contribution in [1.29, 1.82) is 0 Å². The number of hydrogen-bond acceptors (Lipinski definition) is 6. The molecule has 2 aromatic rings. The van der Waals surface area contributed by atoms with E-state index in [1.807, 2.05) is 0 Å². The van der Waals surface area contributed by atoms with Crippen molar-refractivity contribution in [3.05, 3.63) is 88.2 Å². The Labute approximate surface area is 190 Å². The molecule has 0 unspecified atom stereocenters. The van der Waals surface area contributed by atoms with Gasteiger partial charge in [0, 0.05) is 23.1 Å². The van der Waals surface area contributed by atoms with E-state index in [1.54, 1.807) is 67.5 Å². The zero-order valence-electron chi connectivity index (χ0n) is 17.6. The van der Waals surface area contributed by atoms with Gasteiger partial charge >= 0.3 is 17.9 Å². The minimum absolute atomic E-state index is 0.119. The third-order valence-electron chi connectivity index (χ3n) is 4.82. The summed E-state index contributed by atoms with van der Waals surface area (Å²) in [7, 11) is 0. The molecule has 1 N–H and O–H groups in total. The molecule has 0 atom stereocenters. The quantitative estimate of drug-likeness (QED) is 0.613. The highest BCUT2D eigenvalue weighted by Gasteiger charge is 2.35. The zero-order valence-corrected chi connectivity index (χ0v) is 18.3. The van der Waals surface area contributed by atoms with Crippen LogP contribution in [-0.2, 0) is 19.1 Å². The fourth-order valence-electron chi connectivity index (χ4n) is 3.36. The summed E-state index contributed by atoms with van der Waals surface area (Å²) in [5, 5.41) is 9.67. The lowest BCUT2D eigenvalue weighted by Gasteiger charge is -2.30. The van der Waals surface area contributed by atoms with Crippen LogP contribution in [0, 0.1) is 0 Å². The van der Waals surface area contributed by atoms with Crippen LogP contribution in [0.4, 0.5) is 5.69 Å². The van der Waals surface area contributed by atoms with Gasteiger partial charge < -0.3 is 19.5 Å². The number of nitrogens with zero attached hydrogens (tertiary/aromatic N) is 1. The molecule has 8 heteroatoms. The first-order valence-corrected chi connectivity index (χ1v) is 10.4. The van der Waals surface area contributed by atoms with E-state index >= 15 is 0 Å². The van der Waals surface area contributed by atoms with Gasteiger partial charge in [0.25, 0.3) is 0 Å². The van der Waals surface area contributed by atoms with Crippen molar-refractivity contribution in [2.24, 2.45) is 0 Å². The summed E-state index contributed by atoms with van der Waals surface area (Å²) < 4.78 is 10.5. The van der Waals surface area contributed by atoms with E-state index in [1.165, 1.54) is 12.1 Å². The highest BCUT2D eigenvalue weighted by molar-refractivity contribution is 6.30. The lowest BCUT2D eigenvalue weighted by atomic mass is 9.83. The standard InChI is InChI=1S/C24H22ClNO6/c1-3-31-23(29)19-13-26(18-11-7-16(8-12-18)22(27)28)14-20(24(30)32-4-2)21(19)15-5-9-17(25)10-6-15/h5-14,21H,3-4H2,1-2H3,(H,27,28). The fourth-order valence-corrected chi connectivity index (χ4v) is 3.49. The molecule has 0 saturated heterocycles. The van der Waals surface area contributed by atoms with Crippen LogP contribution in [0.25, 0.3) is 0 Å². The molecular formula is C24H22ClNO6. The number of carboxylic acids is 1. The van der Waals surface area contributed by atoms with Crippen LogP contribution >= 0.6 is 11.6 Å². The maximum atomic E-state index is 12.9. The van der Waals surface area contributed by atoms with E-state index < -0.39 is 23.8 Å². The average molecular weight is 456 g/mol. The van der Waals surface area contributed by atoms with Gasteiger partial charge in [0.1, 0.15) is 0 Å². The lowest BCUT2D eigenvalue weighted by molar-refractivity contribution is -0.139. The van der Waals surface area contributed by atoms with Crippen LogP contribution in [0.5, 0.6) is 0 Å². The van der Waals surface area contributed by atoms with Crippen molar-refractivity contribution in [1.82, 2.24) is 0 Å². The molecule has 32 heavy (non-hydrogen) atoms. The molecule has 1 heterocycles. The Bertz CT molecular complexity index is 1040. The molecule has 0 fully saturated rings. The first-order chi connectivity index (χ1) is 15.3. The Balaban J connectivity index is 2.14. The monoisotopic (exact) mass is 455 g/mol. The molecule has 0 aliphatic carbocycles. The summed E-state index contributed by atoms with van der Waals surface area (Å²) in [6.45, 7) is 3.72. The second-order valence-corrected chi connectivity index (χ2v) is 7.29. The van der Waals surface area contributed by atoms with Crippen LogP contribution in [0.3, 0.4) is 0 Å². The molecule has 0 radical (unpaired) electrons. The van der Waals surface area contributed by atoms with E-state index in [2.05, 4.69) is 0 Å². The smallest absolute Gasteiger partial charge is 0.336 e. The van der Waals surface area contributed by atoms with Crippen molar-refractivity contribution < 1.29 is 29.0 Å². The van der Waals surface area contributed by atoms with Gasteiger partial charge in [-0.05, 0) is 55.8 Å². The number of halogens is 1. The minimum atomic E-state index is -1.05. The van der Waals surface area contributed by atoms with E-state index in [0.29, 0.717) is 16.3 Å². The topological polar surface area (TPSA) is 93.1 Å². The number of aromatic carboxylic acids is 1. The number of carbonyl (C=O) groups excluding carboxylic acids is 2. The number of anilines is 1. The summed E-state index contributed by atoms with van der Waals surface area (Å²) in [6, 6.07) is 12.9. The maximum absolute atomic E-state index is 12.9. The second-order valence-electron chi connectivity index (χ2n) is 6.85. The normalized spacial score (nSPS) is 13.8. The van der Waals surface area contributed by atoms with Crippen LogP contribution in [0.2, 0.25) is 5.02 Å². The molecule has 0 bridgehead atoms. The van der Waals surface area contributed by atoms with E-state index in [0.717, 1.165) is 0 Å². The molecule has 1 aliphatic heterocycles. The van der Waals surface area contributed by atoms with Crippen molar-refractivity contribution in [2.45, 2.75) is 19.8 Å². The third-order valence-corrected chi connectivity index (χ3v) is 5.07. The first-order valence-electron chi connectivity index (χ1n) is 10.0. The lowest BCUT2D eigenvalue weighted by Crippen LogP contribution is -2.29. The molecule has 3 rings (SSSR count). The van der Waals surface area contributed by atoms with E-state index in [-0.39, 0.29) is 29.9 Å². The van der Waals surface area contributed by atoms with Crippen LogP contribution in [0.15, 0.2) is 72.1 Å². The number of carboxylic acid groups (broad SMARTS) is 1. The van der Waals surface area contributed by atoms with Gasteiger partial charge in [-0.2, -0.15) is 0 Å². The molecule has 0 spiro atoms. The second kappa shape index (κ2) is 10.2. The molecule has 1 aliphatic rings. The van der Waals surface area contributed by atoms with Crippen molar-refractivity contribution in [3.63, 3.8) is 0 Å². The highest BCUT2D eigenvalue weighted by Crippen LogP contribution is 2.39. The molecule has 0 saturated carbocycles. The van der Waals surface area contributed by atoms with Gasteiger partial charge in [-0.15, -0.1) is 0 Å². The molecular weight excluding hydrogens is 434 g/mol. The highest BCUT2D eigenvalue weighted by atomic mass is 35.5. The zero-order chi connectivity index (χ0) is 23.3. The summed E-state index contributed by atoms with van der Waals surface area (Å²) in [4.78, 5) is 38.5. The predicted octanol–water partition coefficient (Wildman–Crippen LogP) is 4.54. The van der Waals surface area contributed by atoms with Gasteiger partial charge in [0.2, 0.25) is 0 Å². The van der Waals surface area contributed by atoms with Gasteiger partial charge in [0.15, 0.2) is 0 Å².